The first-order valence-corrected chi connectivity index (χ1v) is 4.48. The molecule has 0 aliphatic heterocycles. The van der Waals surface area contributed by atoms with Gasteiger partial charge in [-0.2, -0.15) is 0 Å². The van der Waals surface area contributed by atoms with Crippen molar-refractivity contribution in [1.29, 1.82) is 5.41 Å². The lowest BCUT2D eigenvalue weighted by atomic mass is 10.3. The zero-order valence-electron chi connectivity index (χ0n) is 7.82. The number of rotatable bonds is 1. The summed E-state index contributed by atoms with van der Waals surface area (Å²) in [7, 11) is 1.70. The third-order valence-electron chi connectivity index (χ3n) is 1.67. The molecule has 0 atom stereocenters. The predicted molar refractivity (Wildman–Crippen MR) is 62.5 cm³/mol. The van der Waals surface area contributed by atoms with Crippen molar-refractivity contribution in [3.8, 4) is 0 Å². The molecule has 0 radical (unpaired) electrons. The topological polar surface area (TPSA) is 65.1 Å². The lowest BCUT2D eigenvalue weighted by Crippen LogP contribution is -2.45. The monoisotopic (exact) mass is 208 g/mol. The fraction of sp³-hybridized carbons (Fsp3) is 0.111. The third kappa shape index (κ3) is 2.20. The minimum Gasteiger partial charge on any atom is -0.369 e. The summed E-state index contributed by atoms with van der Waals surface area (Å²) in [6, 6.07) is 9.30. The number of thiocarbonyl (C=S) groups is 1. The maximum absolute atomic E-state index is 7.40. The molecule has 1 rings (SSSR count). The van der Waals surface area contributed by atoms with Gasteiger partial charge in [-0.25, -0.2) is 0 Å². The van der Waals surface area contributed by atoms with E-state index < -0.39 is 0 Å². The number of nitrogens with zero attached hydrogens (tertiary/aromatic N) is 1. The van der Waals surface area contributed by atoms with Crippen LogP contribution in [0.2, 0.25) is 0 Å². The van der Waals surface area contributed by atoms with E-state index in [1.807, 2.05) is 30.3 Å². The van der Waals surface area contributed by atoms with E-state index in [0.717, 1.165) is 5.69 Å². The number of benzene rings is 1. The molecule has 0 saturated heterocycles. The molecule has 1 aromatic carbocycles. The summed E-state index contributed by atoms with van der Waals surface area (Å²) in [6.45, 7) is 0. The second kappa shape index (κ2) is 4.57. The highest BCUT2D eigenvalue weighted by molar-refractivity contribution is 7.80. The van der Waals surface area contributed by atoms with E-state index in [1.54, 1.807) is 7.05 Å². The molecule has 0 bridgehead atoms. The first kappa shape index (κ1) is 10.5. The zero-order chi connectivity index (χ0) is 10.6. The Morgan fingerprint density at radius 3 is 2.43 bits per heavy atom. The van der Waals surface area contributed by atoms with Gasteiger partial charge in [0.15, 0.2) is 11.1 Å². The second-order valence-electron chi connectivity index (χ2n) is 2.61. The number of guanidine groups is 1. The van der Waals surface area contributed by atoms with Gasteiger partial charge < -0.3 is 11.1 Å². The summed E-state index contributed by atoms with van der Waals surface area (Å²) in [5.74, 6) is -0.101. The highest BCUT2D eigenvalue weighted by Crippen LogP contribution is 2.12. The Balaban J connectivity index is 3.01. The van der Waals surface area contributed by atoms with E-state index in [-0.39, 0.29) is 5.96 Å². The van der Waals surface area contributed by atoms with E-state index in [1.165, 1.54) is 4.90 Å². The molecule has 0 aliphatic rings. The van der Waals surface area contributed by atoms with Crippen molar-refractivity contribution in [3.63, 3.8) is 0 Å². The fourth-order valence-corrected chi connectivity index (χ4v) is 1.26. The van der Waals surface area contributed by atoms with E-state index >= 15 is 0 Å². The standard InChI is InChI=1S/C9H12N4S/c1-12-9(14)13(8(10)11)7-5-3-2-4-6-7/h2-6H,1H3,(H3,10,11)(H,12,14). The molecule has 4 N–H and O–H groups in total. The smallest absolute Gasteiger partial charge is 0.199 e. The van der Waals surface area contributed by atoms with Gasteiger partial charge in [0.05, 0.1) is 5.69 Å². The molecular formula is C9H12N4S. The van der Waals surface area contributed by atoms with Crippen LogP contribution in [0.15, 0.2) is 30.3 Å². The van der Waals surface area contributed by atoms with Crippen LogP contribution < -0.4 is 16.0 Å². The van der Waals surface area contributed by atoms with E-state index in [2.05, 4.69) is 5.32 Å². The summed E-state index contributed by atoms with van der Waals surface area (Å²) in [5, 5.41) is 10.6. The molecule has 0 unspecified atom stereocenters. The Hall–Kier alpha value is -1.62. The van der Waals surface area contributed by atoms with Gasteiger partial charge in [-0.1, -0.05) is 18.2 Å². The van der Waals surface area contributed by atoms with Crippen LogP contribution in [0.3, 0.4) is 0 Å². The van der Waals surface area contributed by atoms with E-state index in [0.29, 0.717) is 5.11 Å². The predicted octanol–water partition coefficient (Wildman–Crippen LogP) is 0.891. The van der Waals surface area contributed by atoms with Gasteiger partial charge >= 0.3 is 0 Å². The summed E-state index contributed by atoms with van der Waals surface area (Å²) in [5.41, 5.74) is 6.20. The Labute approximate surface area is 88.2 Å². The molecule has 0 aliphatic carbocycles. The first-order valence-electron chi connectivity index (χ1n) is 4.07. The van der Waals surface area contributed by atoms with Crippen LogP contribution in [0.5, 0.6) is 0 Å². The Morgan fingerprint density at radius 1 is 1.43 bits per heavy atom. The lowest BCUT2D eigenvalue weighted by molar-refractivity contribution is 1.14. The molecule has 0 saturated carbocycles. The van der Waals surface area contributed by atoms with Crippen molar-refractivity contribution < 1.29 is 0 Å². The Kier molecular flexibility index (Phi) is 3.41. The van der Waals surface area contributed by atoms with Gasteiger partial charge in [-0.3, -0.25) is 10.3 Å². The molecule has 0 fully saturated rings. The highest BCUT2D eigenvalue weighted by Gasteiger charge is 2.12. The van der Waals surface area contributed by atoms with Crippen LogP contribution >= 0.6 is 12.2 Å². The van der Waals surface area contributed by atoms with Gasteiger partial charge in [0.1, 0.15) is 0 Å². The van der Waals surface area contributed by atoms with Crippen LogP contribution in [-0.2, 0) is 0 Å². The van der Waals surface area contributed by atoms with Crippen molar-refractivity contribution in [3.05, 3.63) is 30.3 Å². The summed E-state index contributed by atoms with van der Waals surface area (Å²) >= 11 is 5.03. The zero-order valence-corrected chi connectivity index (χ0v) is 8.64. The largest absolute Gasteiger partial charge is 0.369 e. The van der Waals surface area contributed by atoms with Crippen molar-refractivity contribution in [2.75, 3.05) is 11.9 Å². The molecule has 1 aromatic rings. The molecule has 4 nitrogen and oxygen atoms in total. The molecular weight excluding hydrogens is 196 g/mol. The van der Waals surface area contributed by atoms with E-state index in [9.17, 15) is 0 Å². The van der Waals surface area contributed by atoms with E-state index in [4.69, 9.17) is 23.4 Å². The van der Waals surface area contributed by atoms with Crippen LogP contribution in [-0.4, -0.2) is 18.1 Å². The maximum Gasteiger partial charge on any atom is 0.199 e. The van der Waals surface area contributed by atoms with Crippen molar-refractivity contribution >= 4 is 29.0 Å². The van der Waals surface area contributed by atoms with Gasteiger partial charge in [0.25, 0.3) is 0 Å². The van der Waals surface area contributed by atoms with Crippen LogP contribution in [0.25, 0.3) is 0 Å². The number of hydrogen-bond acceptors (Lipinski definition) is 2. The van der Waals surface area contributed by atoms with Crippen LogP contribution in [0.4, 0.5) is 5.69 Å². The summed E-state index contributed by atoms with van der Waals surface area (Å²) < 4.78 is 0. The Bertz CT molecular complexity index is 336. The third-order valence-corrected chi connectivity index (χ3v) is 2.06. The maximum atomic E-state index is 7.40. The molecule has 0 amide bonds. The minimum absolute atomic E-state index is 0.101. The lowest BCUT2D eigenvalue weighted by Gasteiger charge is -2.22. The summed E-state index contributed by atoms with van der Waals surface area (Å²) in [4.78, 5) is 1.45. The average Bonchev–Trinajstić information content (AvgIpc) is 2.19. The quantitative estimate of drug-likeness (QED) is 0.364. The number of anilines is 1. The molecule has 5 heteroatoms. The van der Waals surface area contributed by atoms with Gasteiger partial charge in [-0.05, 0) is 24.4 Å². The van der Waals surface area contributed by atoms with Crippen LogP contribution in [0, 0.1) is 5.41 Å². The van der Waals surface area contributed by atoms with Gasteiger partial charge in [0.2, 0.25) is 0 Å². The normalized spacial score (nSPS) is 9.21. The molecule has 74 valence electrons. The average molecular weight is 208 g/mol. The number of nitrogens with one attached hydrogen (secondary N) is 2. The Morgan fingerprint density at radius 2 is 2.00 bits per heavy atom. The first-order chi connectivity index (χ1) is 6.66. The second-order valence-corrected chi connectivity index (χ2v) is 3.00. The van der Waals surface area contributed by atoms with Gasteiger partial charge in [-0.15, -0.1) is 0 Å². The fourth-order valence-electron chi connectivity index (χ4n) is 1.05. The number of nitrogens with two attached hydrogens (primary N) is 1. The highest BCUT2D eigenvalue weighted by atomic mass is 32.1. The van der Waals surface area contributed by atoms with Crippen LogP contribution in [0.1, 0.15) is 0 Å². The molecule has 0 heterocycles. The molecule has 0 spiro atoms. The minimum atomic E-state index is -0.101. The van der Waals surface area contributed by atoms with Crippen molar-refractivity contribution in [2.24, 2.45) is 5.73 Å². The SMILES string of the molecule is CNC(=S)N(C(=N)N)c1ccccc1. The van der Waals surface area contributed by atoms with Crippen molar-refractivity contribution in [2.45, 2.75) is 0 Å². The number of para-hydroxylation sites is 1. The van der Waals surface area contributed by atoms with Crippen molar-refractivity contribution in [1.82, 2.24) is 5.32 Å². The number of hydrogen-bond donors (Lipinski definition) is 3. The van der Waals surface area contributed by atoms with Gasteiger partial charge in [0, 0.05) is 7.05 Å². The summed E-state index contributed by atoms with van der Waals surface area (Å²) in [6.07, 6.45) is 0. The molecule has 0 aromatic heterocycles. The molecule has 14 heavy (non-hydrogen) atoms.